The zero-order valence-corrected chi connectivity index (χ0v) is 32.5. The number of hydrogen-bond acceptors (Lipinski definition) is 9. The fourth-order valence-corrected chi connectivity index (χ4v) is 9.44. The Labute approximate surface area is 330 Å². The van der Waals surface area contributed by atoms with E-state index in [0.717, 1.165) is 105 Å². The first kappa shape index (κ1) is 37.1. The Morgan fingerprint density at radius 1 is 0.842 bits per heavy atom. The molecule has 3 fully saturated rings. The van der Waals surface area contributed by atoms with Gasteiger partial charge in [-0.25, -0.2) is 9.78 Å². The molecule has 1 atom stereocenters. The van der Waals surface area contributed by atoms with Crippen molar-refractivity contribution in [1.82, 2.24) is 34.1 Å². The van der Waals surface area contributed by atoms with Gasteiger partial charge in [-0.3, -0.25) is 33.5 Å². The summed E-state index contributed by atoms with van der Waals surface area (Å²) in [5.41, 5.74) is 4.35. The van der Waals surface area contributed by atoms with E-state index in [2.05, 4.69) is 37.5 Å². The summed E-state index contributed by atoms with van der Waals surface area (Å²) in [5, 5.41) is 11.4. The van der Waals surface area contributed by atoms with Gasteiger partial charge < -0.3 is 19.7 Å². The summed E-state index contributed by atoms with van der Waals surface area (Å²) in [4.78, 5) is 58.3. The van der Waals surface area contributed by atoms with E-state index in [9.17, 15) is 19.2 Å². The second-order valence-electron chi connectivity index (χ2n) is 16.2. The van der Waals surface area contributed by atoms with Crippen molar-refractivity contribution in [2.24, 2.45) is 13.0 Å². The number of carbonyl (C=O) groups is 3. The fraction of sp³-hybridized carbons (Fsp3) is 0.488. The summed E-state index contributed by atoms with van der Waals surface area (Å²) in [5.74, 6) is 1.01. The number of anilines is 1. The molecule has 6 heterocycles. The molecule has 1 aliphatic carbocycles. The Morgan fingerprint density at radius 2 is 1.63 bits per heavy atom. The van der Waals surface area contributed by atoms with Crippen LogP contribution in [0, 0.1) is 5.92 Å². The fourth-order valence-electron chi connectivity index (χ4n) is 9.44. The van der Waals surface area contributed by atoms with Crippen LogP contribution in [-0.2, 0) is 16.6 Å². The Kier molecular flexibility index (Phi) is 10.3. The number of benzene rings is 2. The lowest BCUT2D eigenvalue weighted by molar-refractivity contribution is -0.135. The van der Waals surface area contributed by atoms with Gasteiger partial charge in [-0.2, -0.15) is 5.10 Å². The third-order valence-electron chi connectivity index (χ3n) is 12.5. The Balaban J connectivity index is 0.826. The zero-order valence-electron chi connectivity index (χ0n) is 32.5. The molecule has 3 aromatic heterocycles. The van der Waals surface area contributed by atoms with Crippen LogP contribution in [0.2, 0.25) is 0 Å². The number of hydrogen-bond donors (Lipinski definition) is 2. The van der Waals surface area contributed by atoms with E-state index in [1.807, 2.05) is 24.3 Å². The van der Waals surface area contributed by atoms with Crippen molar-refractivity contribution < 1.29 is 23.9 Å². The average Bonchev–Trinajstić information content (AvgIpc) is 3.75. The van der Waals surface area contributed by atoms with Crippen LogP contribution < -0.4 is 25.8 Å². The predicted octanol–water partition coefficient (Wildman–Crippen LogP) is 5.87. The number of imidazole rings is 1. The van der Waals surface area contributed by atoms with E-state index in [0.29, 0.717) is 54.8 Å². The highest BCUT2D eigenvalue weighted by Crippen LogP contribution is 2.38. The van der Waals surface area contributed by atoms with Crippen molar-refractivity contribution in [1.29, 1.82) is 0 Å². The number of fused-ring (bicyclic) bond motifs is 5. The Morgan fingerprint density at radius 3 is 2.44 bits per heavy atom. The minimum absolute atomic E-state index is 0.220. The van der Waals surface area contributed by atoms with Gasteiger partial charge in [0.25, 0.3) is 5.91 Å². The highest BCUT2D eigenvalue weighted by Gasteiger charge is 2.33. The van der Waals surface area contributed by atoms with Crippen LogP contribution in [-0.4, -0.2) is 79.4 Å². The second-order valence-corrected chi connectivity index (χ2v) is 16.2. The summed E-state index contributed by atoms with van der Waals surface area (Å²) in [7, 11) is 1.79. The molecule has 3 aliphatic heterocycles. The van der Waals surface area contributed by atoms with Gasteiger partial charge in [-0.1, -0.05) is 18.2 Å². The van der Waals surface area contributed by atoms with Gasteiger partial charge in [0, 0.05) is 43.7 Å². The Bertz CT molecular complexity index is 2380. The molecule has 0 radical (unpaired) electrons. The van der Waals surface area contributed by atoms with Crippen molar-refractivity contribution in [2.75, 3.05) is 38.2 Å². The van der Waals surface area contributed by atoms with E-state index in [1.54, 1.807) is 34.4 Å². The molecule has 14 nitrogen and oxygen atoms in total. The van der Waals surface area contributed by atoms with E-state index >= 15 is 0 Å². The predicted molar refractivity (Wildman–Crippen MR) is 215 cm³/mol. The minimum Gasteiger partial charge on any atom is -0.491 e. The molecule has 57 heavy (non-hydrogen) atoms. The highest BCUT2D eigenvalue weighted by molar-refractivity contribution is 6.05. The molecule has 5 aromatic rings. The topological polar surface area (TPSA) is 155 Å². The number of imide groups is 1. The lowest BCUT2D eigenvalue weighted by Crippen LogP contribution is -2.44. The standard InChI is InChI=1S/C43H50N8O6/c1-48-40-31(7-5-9-35(40)51(43(48)55)36-15-16-38(52)46-42(36)54)28-17-19-49(20-18-28)25-27-11-13-30(14-12-27)50-26-29-23-34-37(24-33(29)47-50)56-21-3-2-4-22-57-39-10-6-8-32(44-39)41(53)45-34/h5-10,23-24,26-28,30,36H,2-4,11-22,25H2,1H3,(H,45,53)(H,46,52,54). The van der Waals surface area contributed by atoms with Crippen LogP contribution in [0.25, 0.3) is 21.9 Å². The molecule has 1 saturated carbocycles. The van der Waals surface area contributed by atoms with Gasteiger partial charge in [0.05, 0.1) is 41.5 Å². The molecule has 3 amide bonds. The number of nitrogens with one attached hydrogen (secondary N) is 2. The van der Waals surface area contributed by atoms with Crippen LogP contribution in [0.5, 0.6) is 11.6 Å². The molecule has 4 aliphatic rings. The first-order valence-corrected chi connectivity index (χ1v) is 20.6. The molecule has 1 unspecified atom stereocenters. The third-order valence-corrected chi connectivity index (χ3v) is 12.5. The number of likely N-dealkylation sites (tertiary alicyclic amines) is 1. The van der Waals surface area contributed by atoms with Crippen LogP contribution in [0.15, 0.2) is 59.5 Å². The van der Waals surface area contributed by atoms with Crippen LogP contribution in [0.4, 0.5) is 5.69 Å². The number of para-hydroxylation sites is 1. The van der Waals surface area contributed by atoms with Gasteiger partial charge in [0.15, 0.2) is 0 Å². The maximum atomic E-state index is 13.5. The number of rotatable bonds is 5. The van der Waals surface area contributed by atoms with Crippen molar-refractivity contribution in [3.63, 3.8) is 0 Å². The van der Waals surface area contributed by atoms with Crippen LogP contribution in [0.1, 0.15) is 105 Å². The second kappa shape index (κ2) is 15.8. The quantitative estimate of drug-likeness (QED) is 0.209. The first-order valence-electron chi connectivity index (χ1n) is 20.6. The highest BCUT2D eigenvalue weighted by atomic mass is 16.5. The molecule has 9 rings (SSSR count). The summed E-state index contributed by atoms with van der Waals surface area (Å²) in [6, 6.07) is 14.8. The smallest absolute Gasteiger partial charge is 0.329 e. The third kappa shape index (κ3) is 7.54. The molecular weight excluding hydrogens is 725 g/mol. The van der Waals surface area contributed by atoms with Gasteiger partial charge in [0.2, 0.25) is 17.7 Å². The summed E-state index contributed by atoms with van der Waals surface area (Å²) >= 11 is 0. The van der Waals surface area contributed by atoms with Crippen molar-refractivity contribution in [3.05, 3.63) is 76.5 Å². The lowest BCUT2D eigenvalue weighted by Gasteiger charge is -2.37. The average molecular weight is 775 g/mol. The molecule has 14 heteroatoms. The van der Waals surface area contributed by atoms with Gasteiger partial charge in [0.1, 0.15) is 17.5 Å². The molecule has 2 saturated heterocycles. The molecule has 0 spiro atoms. The van der Waals surface area contributed by atoms with Crippen LogP contribution in [0.3, 0.4) is 0 Å². The largest absolute Gasteiger partial charge is 0.491 e. The molecule has 2 aromatic carbocycles. The summed E-state index contributed by atoms with van der Waals surface area (Å²) in [6.45, 7) is 4.18. The van der Waals surface area contributed by atoms with E-state index in [-0.39, 0.29) is 29.6 Å². The number of pyridine rings is 1. The molecule has 298 valence electrons. The monoisotopic (exact) mass is 774 g/mol. The number of aryl methyl sites for hydroxylation is 1. The van der Waals surface area contributed by atoms with Crippen molar-refractivity contribution in [3.8, 4) is 11.6 Å². The lowest BCUT2D eigenvalue weighted by atomic mass is 9.84. The summed E-state index contributed by atoms with van der Waals surface area (Å²) < 4.78 is 17.4. The summed E-state index contributed by atoms with van der Waals surface area (Å²) in [6.07, 6.45) is 11.8. The SMILES string of the molecule is Cn1c(=O)n(C2CCC(=O)NC2=O)c2cccc(C3CCN(CC4CCC(n5cc6cc7c(cc6n5)OCCCCCOc5cccc(n5)C(=O)N7)CC4)CC3)c21. The molecular formula is C43H50N8O6. The number of amides is 3. The van der Waals surface area contributed by atoms with Crippen molar-refractivity contribution in [2.45, 2.75) is 88.6 Å². The number of aromatic nitrogens is 5. The van der Waals surface area contributed by atoms with Crippen LogP contribution >= 0.6 is 0 Å². The zero-order chi connectivity index (χ0) is 39.0. The number of nitrogens with zero attached hydrogens (tertiary/aromatic N) is 6. The number of piperidine rings is 2. The number of ether oxygens (including phenoxy) is 2. The maximum absolute atomic E-state index is 13.5. The Hall–Kier alpha value is -5.50. The van der Waals surface area contributed by atoms with E-state index in [1.165, 1.54) is 0 Å². The first-order chi connectivity index (χ1) is 27.8. The molecule has 2 bridgehead atoms. The maximum Gasteiger partial charge on any atom is 0.329 e. The van der Waals surface area contributed by atoms with Gasteiger partial charge in [-0.05, 0) is 113 Å². The minimum atomic E-state index is -0.682. The van der Waals surface area contributed by atoms with Gasteiger partial charge >= 0.3 is 5.69 Å². The van der Waals surface area contributed by atoms with Crippen molar-refractivity contribution >= 4 is 45.3 Å². The normalized spacial score (nSPS) is 23.0. The number of carbonyl (C=O) groups excluding carboxylic acids is 3. The molecule has 2 N–H and O–H groups in total. The van der Waals surface area contributed by atoms with E-state index in [4.69, 9.17) is 14.6 Å². The van der Waals surface area contributed by atoms with E-state index < -0.39 is 11.9 Å². The van der Waals surface area contributed by atoms with Gasteiger partial charge in [-0.15, -0.1) is 0 Å².